The average Bonchev–Trinajstić information content (AvgIpc) is 3.33. The van der Waals surface area contributed by atoms with Crippen molar-refractivity contribution in [2.45, 2.75) is 44.1 Å². The van der Waals surface area contributed by atoms with Crippen molar-refractivity contribution in [3.05, 3.63) is 35.0 Å². The first-order valence-corrected chi connectivity index (χ1v) is 10.8. The maximum Gasteiger partial charge on any atom is 0.303 e. The van der Waals surface area contributed by atoms with Gasteiger partial charge < -0.3 is 9.80 Å². The summed E-state index contributed by atoms with van der Waals surface area (Å²) < 4.78 is 29.9. The van der Waals surface area contributed by atoms with E-state index in [4.69, 9.17) is 16.7 Å². The van der Waals surface area contributed by atoms with E-state index in [1.54, 1.807) is 23.0 Å². The predicted octanol–water partition coefficient (Wildman–Crippen LogP) is 3.99. The summed E-state index contributed by atoms with van der Waals surface area (Å²) in [5.74, 6) is -2.33. The predicted molar refractivity (Wildman–Crippen MR) is 115 cm³/mol. The smallest absolute Gasteiger partial charge is 0.303 e. The molecule has 0 spiro atoms. The SMILES string of the molecule is CN(C)[C@H]1CCN(c2nn(-c3cc(C4CC4)nc(C(C)(F)F)n3)c3cc(Cl)ncc23)C1. The Kier molecular flexibility index (Phi) is 4.86. The maximum absolute atomic E-state index is 14.2. The monoisotopic (exact) mass is 447 g/mol. The van der Waals surface area contributed by atoms with Crippen LogP contribution < -0.4 is 4.90 Å². The molecular weight excluding hydrogens is 424 g/mol. The number of fused-ring (bicyclic) bond motifs is 1. The van der Waals surface area contributed by atoms with Crippen molar-refractivity contribution in [3.8, 4) is 5.82 Å². The zero-order valence-electron chi connectivity index (χ0n) is 17.7. The van der Waals surface area contributed by atoms with Gasteiger partial charge in [-0.2, -0.15) is 8.78 Å². The molecule has 0 amide bonds. The lowest BCUT2D eigenvalue weighted by molar-refractivity contribution is 0.00741. The third kappa shape index (κ3) is 3.85. The summed E-state index contributed by atoms with van der Waals surface area (Å²) in [6.07, 6.45) is 4.61. The molecule has 1 atom stereocenters. The Balaban J connectivity index is 1.66. The number of likely N-dealkylation sites (N-methyl/N-ethyl adjacent to an activating group) is 1. The van der Waals surface area contributed by atoms with E-state index >= 15 is 0 Å². The van der Waals surface area contributed by atoms with Gasteiger partial charge in [-0.3, -0.25) is 0 Å². The second-order valence-corrected chi connectivity index (χ2v) is 9.14. The van der Waals surface area contributed by atoms with E-state index in [0.29, 0.717) is 28.2 Å². The summed E-state index contributed by atoms with van der Waals surface area (Å²) in [7, 11) is 4.14. The highest BCUT2D eigenvalue weighted by Crippen LogP contribution is 2.41. The number of alkyl halides is 2. The lowest BCUT2D eigenvalue weighted by atomic mass is 10.2. The van der Waals surface area contributed by atoms with Crippen molar-refractivity contribution in [2.24, 2.45) is 0 Å². The minimum atomic E-state index is -3.14. The van der Waals surface area contributed by atoms with Crippen LogP contribution in [-0.4, -0.2) is 62.9 Å². The molecule has 31 heavy (non-hydrogen) atoms. The van der Waals surface area contributed by atoms with E-state index in [1.807, 2.05) is 0 Å². The van der Waals surface area contributed by atoms with Crippen molar-refractivity contribution in [1.29, 1.82) is 0 Å². The van der Waals surface area contributed by atoms with Gasteiger partial charge in [-0.05, 0) is 33.4 Å². The molecule has 7 nitrogen and oxygen atoms in total. The normalized spacial score (nSPS) is 19.7. The van der Waals surface area contributed by atoms with Crippen molar-refractivity contribution in [2.75, 3.05) is 32.1 Å². The standard InChI is InChI=1S/C21H24ClF2N7/c1-21(23,24)20-26-15(12-4-5-12)8-18(27-20)31-16-9-17(22)25-10-14(16)19(28-31)30-7-6-13(11-30)29(2)3/h8-10,12-13H,4-7,11H2,1-3H3/t13-/m0/s1. The van der Waals surface area contributed by atoms with Crippen LogP contribution in [0.5, 0.6) is 0 Å². The van der Waals surface area contributed by atoms with Crippen LogP contribution in [0.4, 0.5) is 14.6 Å². The van der Waals surface area contributed by atoms with Crippen LogP contribution in [0, 0.1) is 0 Å². The highest BCUT2D eigenvalue weighted by Gasteiger charge is 2.34. The Morgan fingerprint density at radius 3 is 2.58 bits per heavy atom. The van der Waals surface area contributed by atoms with Crippen molar-refractivity contribution in [3.63, 3.8) is 0 Å². The second-order valence-electron chi connectivity index (χ2n) is 8.75. The molecule has 5 rings (SSSR count). The van der Waals surface area contributed by atoms with Crippen LogP contribution >= 0.6 is 11.6 Å². The first-order chi connectivity index (χ1) is 14.7. The molecular formula is C21H24ClF2N7. The van der Waals surface area contributed by atoms with Gasteiger partial charge in [0.1, 0.15) is 5.15 Å². The van der Waals surface area contributed by atoms with E-state index in [1.165, 1.54) is 0 Å². The molecule has 3 aromatic rings. The Morgan fingerprint density at radius 1 is 1.16 bits per heavy atom. The van der Waals surface area contributed by atoms with Gasteiger partial charge in [0.15, 0.2) is 11.6 Å². The highest BCUT2D eigenvalue weighted by molar-refractivity contribution is 6.30. The molecule has 0 N–H and O–H groups in total. The minimum absolute atomic E-state index is 0.203. The van der Waals surface area contributed by atoms with Gasteiger partial charge in [-0.25, -0.2) is 19.6 Å². The van der Waals surface area contributed by atoms with Crippen molar-refractivity contribution in [1.82, 2.24) is 29.6 Å². The molecule has 164 valence electrons. The number of hydrogen-bond acceptors (Lipinski definition) is 6. The van der Waals surface area contributed by atoms with E-state index in [0.717, 1.165) is 50.5 Å². The second kappa shape index (κ2) is 7.34. The lowest BCUT2D eigenvalue weighted by Crippen LogP contribution is -2.31. The van der Waals surface area contributed by atoms with Gasteiger partial charge in [0.25, 0.3) is 0 Å². The van der Waals surface area contributed by atoms with E-state index in [9.17, 15) is 8.78 Å². The summed E-state index contributed by atoms with van der Waals surface area (Å²) in [4.78, 5) is 17.0. The van der Waals surface area contributed by atoms with Gasteiger partial charge in [-0.15, -0.1) is 5.10 Å². The molecule has 0 bridgehead atoms. The molecule has 1 aliphatic carbocycles. The molecule has 0 radical (unpaired) electrons. The third-order valence-electron chi connectivity index (χ3n) is 6.04. The molecule has 10 heteroatoms. The quantitative estimate of drug-likeness (QED) is 0.551. The van der Waals surface area contributed by atoms with Crippen LogP contribution in [0.3, 0.4) is 0 Å². The molecule has 1 saturated carbocycles. The summed E-state index contributed by atoms with van der Waals surface area (Å²) in [5, 5.41) is 5.94. The summed E-state index contributed by atoms with van der Waals surface area (Å²) in [6.45, 7) is 2.51. The number of aromatic nitrogens is 5. The number of halogens is 3. The topological polar surface area (TPSA) is 63.0 Å². The lowest BCUT2D eigenvalue weighted by Gasteiger charge is -2.20. The van der Waals surface area contributed by atoms with Gasteiger partial charge in [-0.1, -0.05) is 11.6 Å². The van der Waals surface area contributed by atoms with Crippen molar-refractivity contribution < 1.29 is 8.78 Å². The zero-order chi connectivity index (χ0) is 21.9. The highest BCUT2D eigenvalue weighted by atomic mass is 35.5. The first-order valence-electron chi connectivity index (χ1n) is 10.4. The zero-order valence-corrected chi connectivity index (χ0v) is 18.4. The first kappa shape index (κ1) is 20.5. The average molecular weight is 448 g/mol. The van der Waals surface area contributed by atoms with E-state index in [2.05, 4.69) is 38.8 Å². The Bertz CT molecular complexity index is 1140. The van der Waals surface area contributed by atoms with Crippen LogP contribution in [-0.2, 0) is 5.92 Å². The Hall–Kier alpha value is -2.39. The molecule has 0 unspecified atom stereocenters. The van der Waals surface area contributed by atoms with Crippen LogP contribution in [0.25, 0.3) is 16.7 Å². The number of hydrogen-bond donors (Lipinski definition) is 0. The Morgan fingerprint density at radius 2 is 1.94 bits per heavy atom. The van der Waals surface area contributed by atoms with Crippen LogP contribution in [0.15, 0.2) is 18.3 Å². The van der Waals surface area contributed by atoms with Crippen LogP contribution in [0.2, 0.25) is 5.15 Å². The largest absolute Gasteiger partial charge is 0.353 e. The summed E-state index contributed by atoms with van der Waals surface area (Å²) in [6, 6.07) is 3.89. The molecule has 2 fully saturated rings. The fourth-order valence-corrected chi connectivity index (χ4v) is 4.23. The maximum atomic E-state index is 14.2. The van der Waals surface area contributed by atoms with Gasteiger partial charge in [0, 0.05) is 56.0 Å². The fourth-order valence-electron chi connectivity index (χ4n) is 4.08. The molecule has 4 heterocycles. The Labute approximate surface area is 184 Å². The van der Waals surface area contributed by atoms with E-state index < -0.39 is 11.7 Å². The van der Waals surface area contributed by atoms with Gasteiger partial charge in [0.05, 0.1) is 10.9 Å². The van der Waals surface area contributed by atoms with Crippen molar-refractivity contribution >= 4 is 28.3 Å². The minimum Gasteiger partial charge on any atom is -0.353 e. The molecule has 3 aromatic heterocycles. The fraction of sp³-hybridized carbons (Fsp3) is 0.524. The number of nitrogens with zero attached hydrogens (tertiary/aromatic N) is 7. The third-order valence-corrected chi connectivity index (χ3v) is 6.25. The summed E-state index contributed by atoms with van der Waals surface area (Å²) in [5.41, 5.74) is 1.33. The molecule has 1 saturated heterocycles. The van der Waals surface area contributed by atoms with Gasteiger partial charge >= 0.3 is 5.92 Å². The summed E-state index contributed by atoms with van der Waals surface area (Å²) >= 11 is 6.18. The molecule has 2 aliphatic rings. The molecule has 0 aromatic carbocycles. The van der Waals surface area contributed by atoms with E-state index in [-0.39, 0.29) is 5.92 Å². The number of rotatable bonds is 5. The molecule has 1 aliphatic heterocycles. The van der Waals surface area contributed by atoms with Crippen LogP contribution in [0.1, 0.15) is 43.6 Å². The number of anilines is 1. The number of pyridine rings is 1. The van der Waals surface area contributed by atoms with Gasteiger partial charge in [0.2, 0.25) is 5.82 Å².